The van der Waals surface area contributed by atoms with Crippen LogP contribution in [0.1, 0.15) is 18.5 Å². The minimum atomic E-state index is -3.53. The van der Waals surface area contributed by atoms with Gasteiger partial charge in [0.15, 0.2) is 0 Å². The van der Waals surface area contributed by atoms with Crippen molar-refractivity contribution in [3.05, 3.63) is 35.4 Å². The molecule has 1 rings (SSSR count). The van der Waals surface area contributed by atoms with E-state index in [-0.39, 0.29) is 18.3 Å². The fourth-order valence-electron chi connectivity index (χ4n) is 1.36. The van der Waals surface area contributed by atoms with Gasteiger partial charge in [-0.05, 0) is 24.6 Å². The van der Waals surface area contributed by atoms with Gasteiger partial charge in [0, 0.05) is 18.7 Å². The third kappa shape index (κ3) is 5.20. The van der Waals surface area contributed by atoms with E-state index in [0.29, 0.717) is 5.56 Å². The molecule has 0 spiro atoms. The number of nitrogens with one attached hydrogen (secondary N) is 1. The molecule has 0 saturated heterocycles. The Labute approximate surface area is 98.9 Å². The van der Waals surface area contributed by atoms with Gasteiger partial charge in [-0.25, -0.2) is 22.3 Å². The van der Waals surface area contributed by atoms with Crippen LogP contribution < -0.4 is 10.5 Å². The van der Waals surface area contributed by atoms with Crippen molar-refractivity contribution in [2.24, 2.45) is 5.14 Å². The normalized spacial score (nSPS) is 13.6. The second-order valence-corrected chi connectivity index (χ2v) is 5.48. The van der Waals surface area contributed by atoms with Crippen molar-refractivity contribution in [1.29, 1.82) is 0 Å². The van der Waals surface area contributed by atoms with E-state index < -0.39 is 21.7 Å². The van der Waals surface area contributed by atoms with Gasteiger partial charge < -0.3 is 5.32 Å². The highest BCUT2D eigenvalue weighted by Gasteiger charge is 2.09. The second kappa shape index (κ2) is 5.52. The maximum absolute atomic E-state index is 12.9. The summed E-state index contributed by atoms with van der Waals surface area (Å²) in [6.45, 7) is 1.80. The smallest absolute Gasteiger partial charge is 0.210 e. The fraction of sp³-hybridized carbons (Fsp3) is 0.400. The van der Waals surface area contributed by atoms with Gasteiger partial charge in [-0.1, -0.05) is 0 Å². The van der Waals surface area contributed by atoms with E-state index in [0.717, 1.165) is 6.07 Å². The van der Waals surface area contributed by atoms with Crippen molar-refractivity contribution >= 4 is 10.0 Å². The predicted molar refractivity (Wildman–Crippen MR) is 60.7 cm³/mol. The van der Waals surface area contributed by atoms with E-state index in [2.05, 4.69) is 5.32 Å². The zero-order valence-electron chi connectivity index (χ0n) is 9.28. The molecule has 1 atom stereocenters. The third-order valence-electron chi connectivity index (χ3n) is 2.22. The summed E-state index contributed by atoms with van der Waals surface area (Å²) >= 11 is 0. The van der Waals surface area contributed by atoms with Crippen LogP contribution in [0.3, 0.4) is 0 Å². The lowest BCUT2D eigenvalue weighted by molar-refractivity contribution is 0.550. The van der Waals surface area contributed by atoms with Gasteiger partial charge in [0.1, 0.15) is 11.6 Å². The van der Waals surface area contributed by atoms with Crippen LogP contribution in [0.25, 0.3) is 0 Å². The second-order valence-electron chi connectivity index (χ2n) is 3.75. The lowest BCUT2D eigenvalue weighted by atomic mass is 10.1. The summed E-state index contributed by atoms with van der Waals surface area (Å²) in [4.78, 5) is 0. The average Bonchev–Trinajstić information content (AvgIpc) is 2.13. The van der Waals surface area contributed by atoms with Crippen LogP contribution in [0.4, 0.5) is 8.78 Å². The van der Waals surface area contributed by atoms with Crippen molar-refractivity contribution in [2.45, 2.75) is 13.0 Å². The molecular weight excluding hydrogens is 250 g/mol. The summed E-state index contributed by atoms with van der Waals surface area (Å²) in [5, 5.41) is 7.64. The molecule has 1 aromatic rings. The van der Waals surface area contributed by atoms with E-state index in [1.54, 1.807) is 6.92 Å². The van der Waals surface area contributed by atoms with Crippen molar-refractivity contribution in [2.75, 3.05) is 12.3 Å². The molecule has 0 aliphatic heterocycles. The van der Waals surface area contributed by atoms with Gasteiger partial charge in [-0.2, -0.15) is 0 Å². The molecule has 17 heavy (non-hydrogen) atoms. The molecule has 1 aromatic carbocycles. The van der Waals surface area contributed by atoms with Gasteiger partial charge in [0.25, 0.3) is 0 Å². The number of sulfonamides is 1. The van der Waals surface area contributed by atoms with Crippen molar-refractivity contribution in [1.82, 2.24) is 5.32 Å². The zero-order valence-corrected chi connectivity index (χ0v) is 10.1. The first-order valence-electron chi connectivity index (χ1n) is 4.98. The average molecular weight is 264 g/mol. The van der Waals surface area contributed by atoms with Gasteiger partial charge >= 0.3 is 0 Å². The molecule has 0 fully saturated rings. The summed E-state index contributed by atoms with van der Waals surface area (Å²) in [6.07, 6.45) is 0. The molecule has 4 nitrogen and oxygen atoms in total. The Balaban J connectivity index is 2.61. The number of primary sulfonamides is 1. The molecule has 7 heteroatoms. The molecule has 0 aromatic heterocycles. The van der Waals surface area contributed by atoms with Crippen LogP contribution in [-0.2, 0) is 10.0 Å². The summed E-state index contributed by atoms with van der Waals surface area (Å²) < 4.78 is 47.2. The maximum atomic E-state index is 12.9. The highest BCUT2D eigenvalue weighted by atomic mass is 32.2. The van der Waals surface area contributed by atoms with Crippen molar-refractivity contribution < 1.29 is 17.2 Å². The number of hydrogen-bond acceptors (Lipinski definition) is 3. The number of halogens is 2. The Morgan fingerprint density at radius 2 is 1.82 bits per heavy atom. The molecule has 0 saturated carbocycles. The first kappa shape index (κ1) is 14.0. The van der Waals surface area contributed by atoms with Crippen molar-refractivity contribution in [3.63, 3.8) is 0 Å². The van der Waals surface area contributed by atoms with Crippen LogP contribution in [0.15, 0.2) is 18.2 Å². The van der Waals surface area contributed by atoms with E-state index in [4.69, 9.17) is 5.14 Å². The van der Waals surface area contributed by atoms with Gasteiger partial charge in [0.2, 0.25) is 10.0 Å². The SMILES string of the molecule is CC(NCCS(N)(=O)=O)c1cc(F)cc(F)c1. The molecule has 3 N–H and O–H groups in total. The molecule has 1 unspecified atom stereocenters. The van der Waals surface area contributed by atoms with E-state index in [1.165, 1.54) is 12.1 Å². The molecule has 96 valence electrons. The van der Waals surface area contributed by atoms with E-state index in [1.807, 2.05) is 0 Å². The largest absolute Gasteiger partial charge is 0.309 e. The Bertz CT molecular complexity index is 471. The molecule has 0 radical (unpaired) electrons. The van der Waals surface area contributed by atoms with Gasteiger partial charge in [-0.15, -0.1) is 0 Å². The highest BCUT2D eigenvalue weighted by molar-refractivity contribution is 7.89. The first-order valence-corrected chi connectivity index (χ1v) is 6.69. The molecule has 0 aliphatic rings. The number of nitrogens with two attached hydrogens (primary N) is 1. The number of rotatable bonds is 5. The predicted octanol–water partition coefficient (Wildman–Crippen LogP) is 0.904. The van der Waals surface area contributed by atoms with Crippen LogP contribution >= 0.6 is 0 Å². The molecule has 0 aliphatic carbocycles. The Morgan fingerprint density at radius 3 is 2.29 bits per heavy atom. The fourth-order valence-corrected chi connectivity index (χ4v) is 1.76. The molecule has 0 heterocycles. The van der Waals surface area contributed by atoms with Crippen LogP contribution in [0, 0.1) is 11.6 Å². The zero-order chi connectivity index (χ0) is 13.1. The summed E-state index contributed by atoms with van der Waals surface area (Å²) in [6, 6.07) is 2.80. The summed E-state index contributed by atoms with van der Waals surface area (Å²) in [5.74, 6) is -1.56. The maximum Gasteiger partial charge on any atom is 0.210 e. The van der Waals surface area contributed by atoms with Crippen LogP contribution in [0.2, 0.25) is 0 Å². The quantitative estimate of drug-likeness (QED) is 0.830. The molecule has 0 bridgehead atoms. The summed E-state index contributed by atoms with van der Waals surface area (Å²) in [5.41, 5.74) is 0.414. The molecule has 0 amide bonds. The lowest BCUT2D eigenvalue weighted by Gasteiger charge is -2.14. The van der Waals surface area contributed by atoms with Crippen LogP contribution in [0.5, 0.6) is 0 Å². The highest BCUT2D eigenvalue weighted by Crippen LogP contribution is 2.15. The van der Waals surface area contributed by atoms with Crippen molar-refractivity contribution in [3.8, 4) is 0 Å². The monoisotopic (exact) mass is 264 g/mol. The van der Waals surface area contributed by atoms with E-state index >= 15 is 0 Å². The minimum absolute atomic E-state index is 0.123. The van der Waals surface area contributed by atoms with Gasteiger partial charge in [0.05, 0.1) is 5.75 Å². The Kier molecular flexibility index (Phi) is 4.55. The summed E-state index contributed by atoms with van der Waals surface area (Å²) in [7, 11) is -3.53. The standard InChI is InChI=1S/C10H14F2N2O2S/c1-7(14-2-3-17(13,15)16)8-4-9(11)6-10(12)5-8/h4-7,14H,2-3H2,1H3,(H2,13,15,16). The molecular formula is C10H14F2N2O2S. The Morgan fingerprint density at radius 1 is 1.29 bits per heavy atom. The lowest BCUT2D eigenvalue weighted by Crippen LogP contribution is -2.29. The Hall–Kier alpha value is -1.05. The first-order chi connectivity index (χ1) is 7.78. The van der Waals surface area contributed by atoms with Crippen LogP contribution in [-0.4, -0.2) is 20.7 Å². The number of hydrogen-bond donors (Lipinski definition) is 2. The van der Waals surface area contributed by atoms with E-state index in [9.17, 15) is 17.2 Å². The number of benzene rings is 1. The third-order valence-corrected chi connectivity index (χ3v) is 3.00. The van der Waals surface area contributed by atoms with Gasteiger partial charge in [-0.3, -0.25) is 0 Å². The topological polar surface area (TPSA) is 72.2 Å². The minimum Gasteiger partial charge on any atom is -0.309 e.